The Morgan fingerprint density at radius 3 is 2.69 bits per heavy atom. The molecule has 0 saturated carbocycles. The van der Waals surface area contributed by atoms with Crippen LogP contribution in [-0.4, -0.2) is 22.4 Å². The van der Waals surface area contributed by atoms with Crippen molar-refractivity contribution >= 4 is 11.6 Å². The van der Waals surface area contributed by atoms with E-state index in [1.54, 1.807) is 0 Å². The van der Waals surface area contributed by atoms with Crippen LogP contribution in [0, 0.1) is 5.82 Å². The number of rotatable bonds is 2. The Hall–Kier alpha value is -0.840. The van der Waals surface area contributed by atoms with Crippen LogP contribution in [0.4, 0.5) is 4.39 Å². The second kappa shape index (κ2) is 3.91. The van der Waals surface area contributed by atoms with Gasteiger partial charge in [-0.15, -0.1) is 0 Å². The fourth-order valence-corrected chi connectivity index (χ4v) is 1.21. The Balaban J connectivity index is 3.05. The van der Waals surface area contributed by atoms with Crippen LogP contribution < -0.4 is 0 Å². The fourth-order valence-electron chi connectivity index (χ4n) is 0.986. The zero-order valence-corrected chi connectivity index (χ0v) is 7.72. The summed E-state index contributed by atoms with van der Waals surface area (Å²) >= 11 is 5.51. The Bertz CT molecular complexity index is 317. The lowest BCUT2D eigenvalue weighted by Gasteiger charge is -2.10. The van der Waals surface area contributed by atoms with Crippen molar-refractivity contribution in [3.63, 3.8) is 0 Å². The van der Waals surface area contributed by atoms with Crippen LogP contribution in [0.15, 0.2) is 12.1 Å². The summed E-state index contributed by atoms with van der Waals surface area (Å²) in [7, 11) is 1.39. The van der Waals surface area contributed by atoms with Gasteiger partial charge in [0.2, 0.25) is 0 Å². The van der Waals surface area contributed by atoms with Gasteiger partial charge in [0, 0.05) is 12.6 Å². The molecular formula is C8H9ClFNO2. The Morgan fingerprint density at radius 1 is 1.54 bits per heavy atom. The van der Waals surface area contributed by atoms with Gasteiger partial charge in [0.25, 0.3) is 0 Å². The molecule has 0 bridgehead atoms. The smallest absolute Gasteiger partial charge is 0.138 e. The summed E-state index contributed by atoms with van der Waals surface area (Å²) in [5.41, 5.74) is 0.245. The minimum atomic E-state index is -0.542. The average Bonchev–Trinajstić information content (AvgIpc) is 1.98. The second-order valence-corrected chi connectivity index (χ2v) is 3.12. The molecule has 0 saturated heterocycles. The van der Waals surface area contributed by atoms with E-state index in [-0.39, 0.29) is 22.9 Å². The minimum Gasteiger partial charge on any atom is -0.506 e. The van der Waals surface area contributed by atoms with Crippen LogP contribution in [0.25, 0.3) is 0 Å². The van der Waals surface area contributed by atoms with E-state index in [1.807, 2.05) is 0 Å². The quantitative estimate of drug-likeness (QED) is 0.726. The van der Waals surface area contributed by atoms with Crippen molar-refractivity contribution in [2.45, 2.75) is 6.54 Å². The normalized spacial score (nSPS) is 10.8. The van der Waals surface area contributed by atoms with Gasteiger partial charge in [-0.25, -0.2) is 4.39 Å². The highest BCUT2D eigenvalue weighted by atomic mass is 35.5. The highest BCUT2D eigenvalue weighted by Gasteiger charge is 2.09. The molecule has 3 nitrogen and oxygen atoms in total. The summed E-state index contributed by atoms with van der Waals surface area (Å²) in [6.45, 7) is 0.0172. The van der Waals surface area contributed by atoms with Gasteiger partial charge in [0.15, 0.2) is 0 Å². The van der Waals surface area contributed by atoms with E-state index in [0.717, 1.165) is 17.2 Å². The molecule has 0 aliphatic carbocycles. The molecule has 0 aliphatic rings. The Labute approximate surface area is 79.9 Å². The molecule has 0 aliphatic heterocycles. The largest absolute Gasteiger partial charge is 0.506 e. The number of nitrogens with zero attached hydrogens (tertiary/aromatic N) is 1. The lowest BCUT2D eigenvalue weighted by atomic mass is 10.2. The Morgan fingerprint density at radius 2 is 2.15 bits per heavy atom. The number of hydroxylamine groups is 2. The molecule has 0 unspecified atom stereocenters. The third-order valence-corrected chi connectivity index (χ3v) is 1.79. The average molecular weight is 206 g/mol. The molecule has 0 atom stereocenters. The number of halogens is 2. The van der Waals surface area contributed by atoms with Gasteiger partial charge >= 0.3 is 0 Å². The molecule has 0 fully saturated rings. The first kappa shape index (κ1) is 10.2. The predicted octanol–water partition coefficient (Wildman–Crippen LogP) is 2.01. The summed E-state index contributed by atoms with van der Waals surface area (Å²) in [6, 6.07) is 2.13. The topological polar surface area (TPSA) is 43.7 Å². The van der Waals surface area contributed by atoms with Crippen LogP contribution in [-0.2, 0) is 6.54 Å². The molecule has 0 amide bonds. The van der Waals surface area contributed by atoms with Crippen molar-refractivity contribution in [1.82, 2.24) is 5.06 Å². The van der Waals surface area contributed by atoms with E-state index >= 15 is 0 Å². The van der Waals surface area contributed by atoms with Crippen LogP contribution in [0.1, 0.15) is 5.56 Å². The number of benzene rings is 1. The molecule has 0 spiro atoms. The molecular weight excluding hydrogens is 197 g/mol. The maximum Gasteiger partial charge on any atom is 0.138 e. The second-order valence-electron chi connectivity index (χ2n) is 2.71. The van der Waals surface area contributed by atoms with Crippen molar-refractivity contribution in [2.24, 2.45) is 0 Å². The molecule has 0 radical (unpaired) electrons. The lowest BCUT2D eigenvalue weighted by molar-refractivity contribution is -0.0736. The van der Waals surface area contributed by atoms with Crippen molar-refractivity contribution in [3.05, 3.63) is 28.5 Å². The van der Waals surface area contributed by atoms with Gasteiger partial charge in [-0.2, -0.15) is 5.06 Å². The first-order valence-electron chi connectivity index (χ1n) is 3.57. The summed E-state index contributed by atoms with van der Waals surface area (Å²) in [5.74, 6) is -0.747. The van der Waals surface area contributed by atoms with E-state index < -0.39 is 5.82 Å². The van der Waals surface area contributed by atoms with E-state index in [0.29, 0.717) is 0 Å². The first-order chi connectivity index (χ1) is 6.00. The highest BCUT2D eigenvalue weighted by molar-refractivity contribution is 6.32. The molecule has 5 heteroatoms. The number of phenolic OH excluding ortho intramolecular Hbond substituents is 1. The summed E-state index contributed by atoms with van der Waals surface area (Å²) in [4.78, 5) is 0. The molecule has 1 rings (SSSR count). The number of hydrogen-bond acceptors (Lipinski definition) is 3. The molecule has 13 heavy (non-hydrogen) atoms. The van der Waals surface area contributed by atoms with Crippen LogP contribution >= 0.6 is 11.6 Å². The molecule has 1 aromatic rings. The van der Waals surface area contributed by atoms with Crippen molar-refractivity contribution in [2.75, 3.05) is 7.05 Å². The molecule has 72 valence electrons. The standard InChI is InChI=1S/C8H9ClFNO2/c1-11(13)4-5-2-6(10)3-7(9)8(5)12/h2-3,12-13H,4H2,1H3. The summed E-state index contributed by atoms with van der Waals surface area (Å²) in [5, 5.41) is 19.0. The van der Waals surface area contributed by atoms with Crippen LogP contribution in [0.5, 0.6) is 5.75 Å². The summed E-state index contributed by atoms with van der Waals surface area (Å²) in [6.07, 6.45) is 0. The lowest BCUT2D eigenvalue weighted by Crippen LogP contribution is -2.11. The third kappa shape index (κ3) is 2.55. The van der Waals surface area contributed by atoms with Gasteiger partial charge in [-0.3, -0.25) is 0 Å². The van der Waals surface area contributed by atoms with E-state index in [1.165, 1.54) is 7.05 Å². The van der Waals surface area contributed by atoms with E-state index in [9.17, 15) is 9.50 Å². The Kier molecular flexibility index (Phi) is 3.08. The SMILES string of the molecule is CN(O)Cc1cc(F)cc(Cl)c1O. The number of aromatic hydroxyl groups is 1. The zero-order chi connectivity index (χ0) is 10.0. The number of hydrogen-bond donors (Lipinski definition) is 2. The van der Waals surface area contributed by atoms with Gasteiger partial charge < -0.3 is 10.3 Å². The minimum absolute atomic E-state index is 0.0172. The van der Waals surface area contributed by atoms with Gasteiger partial charge in [-0.1, -0.05) is 11.6 Å². The third-order valence-electron chi connectivity index (χ3n) is 1.51. The van der Waals surface area contributed by atoms with Crippen LogP contribution in [0.3, 0.4) is 0 Å². The monoisotopic (exact) mass is 205 g/mol. The van der Waals surface area contributed by atoms with E-state index in [2.05, 4.69) is 0 Å². The first-order valence-corrected chi connectivity index (χ1v) is 3.95. The predicted molar refractivity (Wildman–Crippen MR) is 46.3 cm³/mol. The maximum absolute atomic E-state index is 12.8. The highest BCUT2D eigenvalue weighted by Crippen LogP contribution is 2.28. The zero-order valence-electron chi connectivity index (χ0n) is 6.96. The molecule has 1 aromatic carbocycles. The fraction of sp³-hybridized carbons (Fsp3) is 0.250. The number of phenols is 1. The molecule has 0 heterocycles. The maximum atomic E-state index is 12.8. The van der Waals surface area contributed by atoms with Gasteiger partial charge in [0.05, 0.1) is 11.6 Å². The van der Waals surface area contributed by atoms with Crippen molar-refractivity contribution < 1.29 is 14.7 Å². The van der Waals surface area contributed by atoms with E-state index in [4.69, 9.17) is 16.8 Å². The summed E-state index contributed by atoms with van der Waals surface area (Å²) < 4.78 is 12.8. The van der Waals surface area contributed by atoms with Crippen molar-refractivity contribution in [1.29, 1.82) is 0 Å². The van der Waals surface area contributed by atoms with Gasteiger partial charge in [-0.05, 0) is 12.1 Å². The van der Waals surface area contributed by atoms with Crippen LogP contribution in [0.2, 0.25) is 5.02 Å². The van der Waals surface area contributed by atoms with Gasteiger partial charge in [0.1, 0.15) is 11.6 Å². The molecule has 2 N–H and O–H groups in total. The molecule has 0 aromatic heterocycles. The van der Waals surface area contributed by atoms with Crippen molar-refractivity contribution in [3.8, 4) is 5.75 Å².